The van der Waals surface area contributed by atoms with E-state index in [0.29, 0.717) is 11.6 Å². The molecule has 1 aromatic carbocycles. The number of nitrogens with zero attached hydrogens (tertiary/aromatic N) is 1. The van der Waals surface area contributed by atoms with Gasteiger partial charge in [-0.15, -0.1) is 0 Å². The molecule has 0 saturated heterocycles. The third-order valence-corrected chi connectivity index (χ3v) is 5.74. The van der Waals surface area contributed by atoms with Gasteiger partial charge in [-0.1, -0.05) is 70.3 Å². The van der Waals surface area contributed by atoms with Crippen LogP contribution in [0.25, 0.3) is 0 Å². The zero-order valence-corrected chi connectivity index (χ0v) is 19.8. The van der Waals surface area contributed by atoms with Crippen LogP contribution in [-0.2, 0) is 11.5 Å². The quantitative estimate of drug-likeness (QED) is 0.408. The van der Waals surface area contributed by atoms with Gasteiger partial charge in [0.15, 0.2) is 0 Å². The minimum absolute atomic E-state index is 0.0784. The zero-order chi connectivity index (χ0) is 21.5. The van der Waals surface area contributed by atoms with Gasteiger partial charge in [0, 0.05) is 29.3 Å². The Morgan fingerprint density at radius 3 is 2.34 bits per heavy atom. The fraction of sp³-hybridized carbons (Fsp3) is 0.500. The van der Waals surface area contributed by atoms with Crippen molar-refractivity contribution in [3.8, 4) is 0 Å². The van der Waals surface area contributed by atoms with Crippen molar-refractivity contribution in [2.75, 3.05) is 6.54 Å². The summed E-state index contributed by atoms with van der Waals surface area (Å²) in [5, 5.41) is 3.81. The van der Waals surface area contributed by atoms with Crippen molar-refractivity contribution >= 4 is 29.3 Å². The smallest absolute Gasteiger partial charge is 0.269 e. The van der Waals surface area contributed by atoms with Gasteiger partial charge in [0.05, 0.1) is 0 Å². The molecule has 1 heterocycles. The summed E-state index contributed by atoms with van der Waals surface area (Å²) < 4.78 is 0. The topological polar surface area (TPSA) is 42.0 Å². The van der Waals surface area contributed by atoms with Crippen LogP contribution in [0.5, 0.6) is 0 Å². The number of rotatable bonds is 11. The van der Waals surface area contributed by atoms with Crippen LogP contribution in [0.4, 0.5) is 0 Å². The van der Waals surface area contributed by atoms with Gasteiger partial charge in [0.1, 0.15) is 5.69 Å². The third-order valence-electron chi connectivity index (χ3n) is 4.43. The van der Waals surface area contributed by atoms with Crippen LogP contribution in [-0.4, -0.2) is 17.4 Å². The van der Waals surface area contributed by atoms with Crippen LogP contribution in [0.15, 0.2) is 42.6 Å². The predicted octanol–water partition coefficient (Wildman–Crippen LogP) is 7.14. The summed E-state index contributed by atoms with van der Waals surface area (Å²) in [6.07, 6.45) is 6.42. The SMILES string of the molecule is CC.CCCC(CCC)CNC(=O)c1ccc(CSCc2cccc(Cl)c2)cn1. The van der Waals surface area contributed by atoms with Crippen molar-refractivity contribution in [2.24, 2.45) is 5.92 Å². The van der Waals surface area contributed by atoms with E-state index in [1.165, 1.54) is 5.56 Å². The molecule has 0 bridgehead atoms. The molecular formula is C24H35ClN2OS. The average Bonchev–Trinajstić information content (AvgIpc) is 2.74. The standard InChI is InChI=1S/C22H29ClN2OS.C2H6/c1-3-6-17(7-4-2)13-25-22(26)21-11-10-19(14-24-21)16-27-15-18-8-5-9-20(23)12-18;1-2/h5,8-12,14,17H,3-4,6-7,13,15-16H2,1-2H3,(H,25,26);1-2H3. The van der Waals surface area contributed by atoms with Crippen LogP contribution >= 0.6 is 23.4 Å². The van der Waals surface area contributed by atoms with Gasteiger partial charge in [-0.3, -0.25) is 9.78 Å². The molecule has 0 fully saturated rings. The number of benzene rings is 1. The Labute approximate surface area is 186 Å². The lowest BCUT2D eigenvalue weighted by Crippen LogP contribution is -2.30. The number of aromatic nitrogens is 1. The van der Waals surface area contributed by atoms with E-state index in [4.69, 9.17) is 11.6 Å². The third kappa shape index (κ3) is 10.2. The molecule has 160 valence electrons. The lowest BCUT2D eigenvalue weighted by Gasteiger charge is -2.15. The summed E-state index contributed by atoms with van der Waals surface area (Å²) in [5.74, 6) is 2.24. The molecule has 1 aromatic heterocycles. The molecule has 0 atom stereocenters. The monoisotopic (exact) mass is 434 g/mol. The summed E-state index contributed by atoms with van der Waals surface area (Å²) in [5.41, 5.74) is 2.82. The highest BCUT2D eigenvalue weighted by atomic mass is 35.5. The summed E-state index contributed by atoms with van der Waals surface area (Å²) >= 11 is 7.82. The fourth-order valence-corrected chi connectivity index (χ4v) is 4.19. The van der Waals surface area contributed by atoms with E-state index in [0.717, 1.165) is 54.3 Å². The second-order valence-electron chi connectivity index (χ2n) is 6.83. The normalized spacial score (nSPS) is 10.4. The number of amides is 1. The number of hydrogen-bond acceptors (Lipinski definition) is 3. The van der Waals surface area contributed by atoms with E-state index in [-0.39, 0.29) is 5.91 Å². The molecule has 2 rings (SSSR count). The Morgan fingerprint density at radius 1 is 1.07 bits per heavy atom. The van der Waals surface area contributed by atoms with Gasteiger partial charge in [-0.2, -0.15) is 11.8 Å². The summed E-state index contributed by atoms with van der Waals surface area (Å²) in [4.78, 5) is 16.7. The van der Waals surface area contributed by atoms with Crippen molar-refractivity contribution in [3.63, 3.8) is 0 Å². The summed E-state index contributed by atoms with van der Waals surface area (Å²) in [6, 6.07) is 11.7. The minimum atomic E-state index is -0.0784. The van der Waals surface area contributed by atoms with Crippen molar-refractivity contribution in [1.82, 2.24) is 10.3 Å². The van der Waals surface area contributed by atoms with Gasteiger partial charge >= 0.3 is 0 Å². The molecule has 0 aliphatic heterocycles. The van der Waals surface area contributed by atoms with Crippen LogP contribution in [0.3, 0.4) is 0 Å². The van der Waals surface area contributed by atoms with Gasteiger partial charge in [-0.05, 0) is 48.1 Å². The first-order valence-electron chi connectivity index (χ1n) is 10.7. The maximum absolute atomic E-state index is 12.3. The number of thioether (sulfide) groups is 1. The van der Waals surface area contributed by atoms with Crippen LogP contribution < -0.4 is 5.32 Å². The molecule has 0 radical (unpaired) electrons. The van der Waals surface area contributed by atoms with Crippen molar-refractivity contribution < 1.29 is 4.79 Å². The molecule has 0 aliphatic rings. The Bertz CT molecular complexity index is 700. The predicted molar refractivity (Wildman–Crippen MR) is 128 cm³/mol. The number of hydrogen-bond donors (Lipinski definition) is 1. The summed E-state index contributed by atoms with van der Waals surface area (Å²) in [6.45, 7) is 9.11. The Balaban J connectivity index is 0.00000204. The van der Waals surface area contributed by atoms with Gasteiger partial charge in [0.2, 0.25) is 0 Å². The first kappa shape index (κ1) is 25.5. The number of halogens is 1. The highest BCUT2D eigenvalue weighted by Gasteiger charge is 2.11. The van der Waals surface area contributed by atoms with Crippen molar-refractivity contribution in [3.05, 3.63) is 64.4 Å². The zero-order valence-electron chi connectivity index (χ0n) is 18.2. The molecule has 2 aromatic rings. The molecule has 29 heavy (non-hydrogen) atoms. The largest absolute Gasteiger partial charge is 0.350 e. The summed E-state index contributed by atoms with van der Waals surface area (Å²) in [7, 11) is 0. The van der Waals surface area contributed by atoms with Crippen molar-refractivity contribution in [2.45, 2.75) is 64.9 Å². The molecule has 1 amide bonds. The van der Waals surface area contributed by atoms with Gasteiger partial charge < -0.3 is 5.32 Å². The molecule has 0 unspecified atom stereocenters. The molecule has 5 heteroatoms. The average molecular weight is 435 g/mol. The molecule has 0 spiro atoms. The number of carbonyl (C=O) groups is 1. The maximum Gasteiger partial charge on any atom is 0.269 e. The second kappa shape index (κ2) is 15.3. The lowest BCUT2D eigenvalue weighted by molar-refractivity contribution is 0.0940. The highest BCUT2D eigenvalue weighted by Crippen LogP contribution is 2.20. The fourth-order valence-electron chi connectivity index (χ4n) is 3.05. The second-order valence-corrected chi connectivity index (χ2v) is 8.25. The Kier molecular flexibility index (Phi) is 13.5. The Hall–Kier alpha value is -1.52. The van der Waals surface area contributed by atoms with E-state index < -0.39 is 0 Å². The molecule has 0 aliphatic carbocycles. The van der Waals surface area contributed by atoms with Gasteiger partial charge in [-0.25, -0.2) is 0 Å². The molecular weight excluding hydrogens is 400 g/mol. The van der Waals surface area contributed by atoms with Crippen LogP contribution in [0, 0.1) is 5.92 Å². The van der Waals surface area contributed by atoms with Crippen molar-refractivity contribution in [1.29, 1.82) is 0 Å². The lowest BCUT2D eigenvalue weighted by atomic mass is 9.98. The molecule has 0 saturated carbocycles. The number of nitrogens with one attached hydrogen (secondary N) is 1. The van der Waals surface area contributed by atoms with E-state index >= 15 is 0 Å². The van der Waals surface area contributed by atoms with Crippen LogP contribution in [0.2, 0.25) is 5.02 Å². The highest BCUT2D eigenvalue weighted by molar-refractivity contribution is 7.97. The van der Waals surface area contributed by atoms with Crippen LogP contribution in [0.1, 0.15) is 75.0 Å². The molecule has 1 N–H and O–H groups in total. The number of carbonyl (C=O) groups excluding carboxylic acids is 1. The Morgan fingerprint density at radius 2 is 1.76 bits per heavy atom. The minimum Gasteiger partial charge on any atom is -0.350 e. The van der Waals surface area contributed by atoms with E-state index in [2.05, 4.69) is 30.2 Å². The van der Waals surface area contributed by atoms with E-state index in [1.807, 2.05) is 55.9 Å². The first-order chi connectivity index (χ1) is 14.1. The molecule has 3 nitrogen and oxygen atoms in total. The van der Waals surface area contributed by atoms with Gasteiger partial charge in [0.25, 0.3) is 5.91 Å². The first-order valence-corrected chi connectivity index (χ1v) is 12.2. The number of pyridine rings is 1. The maximum atomic E-state index is 12.3. The van der Waals surface area contributed by atoms with E-state index in [1.54, 1.807) is 6.20 Å². The van der Waals surface area contributed by atoms with E-state index in [9.17, 15) is 4.79 Å².